The van der Waals surface area contributed by atoms with E-state index in [1.165, 1.54) is 38.9 Å². The van der Waals surface area contributed by atoms with Crippen LogP contribution in [0.15, 0.2) is 0 Å². The molecule has 2 bridgehead atoms. The lowest BCUT2D eigenvalue weighted by atomic mass is 9.86. The molecule has 2 unspecified atom stereocenters. The average Bonchev–Trinajstić information content (AvgIpc) is 1.99. The molecule has 2 fully saturated rings. The van der Waals surface area contributed by atoms with E-state index in [-0.39, 0.29) is 7.43 Å². The number of hydrogen-bond acceptors (Lipinski definition) is 2. The molecule has 0 aromatic rings. The van der Waals surface area contributed by atoms with E-state index in [1.54, 1.807) is 0 Å². The number of fused-ring (bicyclic) bond motifs is 2. The van der Waals surface area contributed by atoms with Crippen LogP contribution in [0.25, 0.3) is 0 Å². The molecular weight excluding hydrogens is 136 g/mol. The third-order valence-corrected chi connectivity index (χ3v) is 2.93. The van der Waals surface area contributed by atoms with Crippen molar-refractivity contribution in [1.29, 1.82) is 0 Å². The van der Waals surface area contributed by atoms with Gasteiger partial charge in [0.1, 0.15) is 0 Å². The van der Waals surface area contributed by atoms with Crippen LogP contribution in [0, 0.1) is 5.92 Å². The summed E-state index contributed by atoms with van der Waals surface area (Å²) in [7, 11) is 0. The van der Waals surface area contributed by atoms with Gasteiger partial charge in [-0.3, -0.25) is 0 Å². The van der Waals surface area contributed by atoms with Crippen molar-refractivity contribution >= 4 is 0 Å². The van der Waals surface area contributed by atoms with E-state index in [0.717, 1.165) is 5.92 Å². The molecule has 2 heterocycles. The quantitative estimate of drug-likeness (QED) is 0.568. The summed E-state index contributed by atoms with van der Waals surface area (Å²) in [6.45, 7) is 3.85. The maximum Gasteiger partial charge on any atom is 0.00915 e. The molecule has 2 heteroatoms. The van der Waals surface area contributed by atoms with E-state index in [2.05, 4.69) is 4.90 Å². The second kappa shape index (κ2) is 3.55. The highest BCUT2D eigenvalue weighted by molar-refractivity contribution is 4.86. The van der Waals surface area contributed by atoms with E-state index in [9.17, 15) is 0 Å². The first-order valence-electron chi connectivity index (χ1n) is 4.34. The Morgan fingerprint density at radius 1 is 1.18 bits per heavy atom. The molecule has 11 heavy (non-hydrogen) atoms. The summed E-state index contributed by atoms with van der Waals surface area (Å²) in [6, 6.07) is 0.511. The zero-order chi connectivity index (χ0) is 6.97. The molecule has 0 amide bonds. The van der Waals surface area contributed by atoms with Crippen LogP contribution in [0.4, 0.5) is 0 Å². The van der Waals surface area contributed by atoms with E-state index >= 15 is 0 Å². The number of hydrogen-bond donors (Lipinski definition) is 1. The van der Waals surface area contributed by atoms with Crippen LogP contribution in [0.1, 0.15) is 26.7 Å². The van der Waals surface area contributed by atoms with E-state index in [0.29, 0.717) is 6.04 Å². The molecule has 2 aliphatic rings. The normalized spacial score (nSPS) is 42.8. The van der Waals surface area contributed by atoms with Gasteiger partial charge >= 0.3 is 0 Å². The molecule has 3 atom stereocenters. The predicted molar refractivity (Wildman–Crippen MR) is 48.5 cm³/mol. The van der Waals surface area contributed by atoms with Crippen LogP contribution in [-0.4, -0.2) is 30.6 Å². The van der Waals surface area contributed by atoms with Gasteiger partial charge in [-0.25, -0.2) is 0 Å². The molecule has 2 saturated heterocycles. The van der Waals surface area contributed by atoms with Gasteiger partial charge in [-0.2, -0.15) is 0 Å². The Hall–Kier alpha value is -0.0800. The Bertz CT molecular complexity index is 123. The van der Waals surface area contributed by atoms with Crippen molar-refractivity contribution in [2.45, 2.75) is 32.7 Å². The van der Waals surface area contributed by atoms with Gasteiger partial charge < -0.3 is 10.6 Å². The standard InChI is InChI=1S/C8H16N2.CH4/c9-8-3-5-10-4-1-2-7(8)6-10;/h7-8H,1-6,9H2;1H4/t7?,8-;/m0./s1. The fourth-order valence-corrected chi connectivity index (χ4v) is 2.21. The summed E-state index contributed by atoms with van der Waals surface area (Å²) < 4.78 is 0. The summed E-state index contributed by atoms with van der Waals surface area (Å²) in [4.78, 5) is 2.55. The van der Waals surface area contributed by atoms with Crippen LogP contribution >= 0.6 is 0 Å². The third-order valence-electron chi connectivity index (χ3n) is 2.93. The molecule has 0 saturated carbocycles. The summed E-state index contributed by atoms with van der Waals surface area (Å²) in [5, 5.41) is 0. The number of nitrogens with two attached hydrogens (primary N) is 1. The van der Waals surface area contributed by atoms with E-state index < -0.39 is 0 Å². The van der Waals surface area contributed by atoms with Crippen LogP contribution in [-0.2, 0) is 0 Å². The molecule has 0 radical (unpaired) electrons. The number of rotatable bonds is 0. The molecule has 0 aromatic heterocycles. The van der Waals surface area contributed by atoms with Crippen LogP contribution < -0.4 is 5.73 Å². The first-order valence-corrected chi connectivity index (χ1v) is 4.34. The van der Waals surface area contributed by atoms with Gasteiger partial charge in [0, 0.05) is 12.6 Å². The molecule has 2 N–H and O–H groups in total. The molecule has 2 rings (SSSR count). The number of nitrogens with zero attached hydrogens (tertiary/aromatic N) is 1. The SMILES string of the molecule is C.N[C@H]1CCN2CCCC1C2. The van der Waals surface area contributed by atoms with Crippen LogP contribution in [0.3, 0.4) is 0 Å². The van der Waals surface area contributed by atoms with Crippen molar-refractivity contribution in [3.63, 3.8) is 0 Å². The first kappa shape index (κ1) is 9.01. The summed E-state index contributed by atoms with van der Waals surface area (Å²) >= 11 is 0. The van der Waals surface area contributed by atoms with Gasteiger partial charge in [0.2, 0.25) is 0 Å². The van der Waals surface area contributed by atoms with Crippen molar-refractivity contribution in [2.75, 3.05) is 19.6 Å². The highest BCUT2D eigenvalue weighted by Crippen LogP contribution is 2.24. The van der Waals surface area contributed by atoms with Gasteiger partial charge in [0.05, 0.1) is 0 Å². The topological polar surface area (TPSA) is 29.3 Å². The fraction of sp³-hybridized carbons (Fsp3) is 1.00. The third kappa shape index (κ3) is 1.74. The largest absolute Gasteiger partial charge is 0.327 e. The van der Waals surface area contributed by atoms with Gasteiger partial charge in [-0.1, -0.05) is 7.43 Å². The van der Waals surface area contributed by atoms with Crippen LogP contribution in [0.5, 0.6) is 0 Å². The van der Waals surface area contributed by atoms with Gasteiger partial charge in [0.15, 0.2) is 0 Å². The van der Waals surface area contributed by atoms with Crippen molar-refractivity contribution in [1.82, 2.24) is 4.90 Å². The second-order valence-corrected chi connectivity index (χ2v) is 3.66. The summed E-state index contributed by atoms with van der Waals surface area (Å²) in [5.74, 6) is 0.822. The fourth-order valence-electron chi connectivity index (χ4n) is 2.21. The molecule has 66 valence electrons. The monoisotopic (exact) mass is 156 g/mol. The smallest absolute Gasteiger partial charge is 0.00915 e. The molecular formula is C9H20N2. The lowest BCUT2D eigenvalue weighted by molar-refractivity contribution is 0.107. The Labute approximate surface area is 69.8 Å². The molecule has 0 aliphatic carbocycles. The van der Waals surface area contributed by atoms with Crippen molar-refractivity contribution < 1.29 is 0 Å². The predicted octanol–water partition coefficient (Wildman–Crippen LogP) is 1.07. The van der Waals surface area contributed by atoms with E-state index in [4.69, 9.17) is 5.73 Å². The maximum atomic E-state index is 5.96. The highest BCUT2D eigenvalue weighted by atomic mass is 15.1. The minimum atomic E-state index is 0. The molecule has 0 aromatic carbocycles. The summed E-state index contributed by atoms with van der Waals surface area (Å²) in [6.07, 6.45) is 3.97. The van der Waals surface area contributed by atoms with Gasteiger partial charge in [-0.15, -0.1) is 0 Å². The van der Waals surface area contributed by atoms with Gasteiger partial charge in [-0.05, 0) is 38.3 Å². The Kier molecular flexibility index (Phi) is 2.90. The summed E-state index contributed by atoms with van der Waals surface area (Å²) in [5.41, 5.74) is 5.96. The van der Waals surface area contributed by atoms with Crippen molar-refractivity contribution in [3.05, 3.63) is 0 Å². The van der Waals surface area contributed by atoms with Crippen molar-refractivity contribution in [2.24, 2.45) is 11.7 Å². The lowest BCUT2D eigenvalue weighted by Crippen LogP contribution is -2.50. The minimum Gasteiger partial charge on any atom is -0.327 e. The molecule has 2 nitrogen and oxygen atoms in total. The Morgan fingerprint density at radius 3 is 2.73 bits per heavy atom. The lowest BCUT2D eigenvalue weighted by Gasteiger charge is -2.41. The second-order valence-electron chi connectivity index (χ2n) is 3.66. The minimum absolute atomic E-state index is 0. The zero-order valence-corrected chi connectivity index (χ0v) is 6.42. The Balaban J connectivity index is 0.000000605. The van der Waals surface area contributed by atoms with Crippen molar-refractivity contribution in [3.8, 4) is 0 Å². The average molecular weight is 156 g/mol. The zero-order valence-electron chi connectivity index (χ0n) is 6.42. The molecule has 0 spiro atoms. The first-order chi connectivity index (χ1) is 4.86. The Morgan fingerprint density at radius 2 is 2.00 bits per heavy atom. The maximum absolute atomic E-state index is 5.96. The van der Waals surface area contributed by atoms with Crippen LogP contribution in [0.2, 0.25) is 0 Å². The van der Waals surface area contributed by atoms with E-state index in [1.807, 2.05) is 0 Å². The number of piperidine rings is 2. The highest BCUT2D eigenvalue weighted by Gasteiger charge is 2.29. The van der Waals surface area contributed by atoms with Gasteiger partial charge in [0.25, 0.3) is 0 Å². The molecule has 2 aliphatic heterocycles.